The first-order valence-corrected chi connectivity index (χ1v) is 5.83. The molecule has 0 atom stereocenters. The summed E-state index contributed by atoms with van der Waals surface area (Å²) in [5.74, 6) is 0. The van der Waals surface area contributed by atoms with Crippen molar-refractivity contribution in [3.63, 3.8) is 0 Å². The molecule has 0 aliphatic carbocycles. The number of nitrogens with one attached hydrogen (secondary N) is 1. The maximum atomic E-state index is 11.4. The van der Waals surface area contributed by atoms with Crippen LogP contribution < -0.4 is 5.32 Å². The third kappa shape index (κ3) is 1.49. The average molecular weight is 227 g/mol. The molecular weight excluding hydrogens is 218 g/mol. The molecule has 0 spiro atoms. The van der Waals surface area contributed by atoms with Gasteiger partial charge >= 0.3 is 0 Å². The van der Waals surface area contributed by atoms with Crippen molar-refractivity contribution in [2.75, 3.05) is 5.32 Å². The van der Waals surface area contributed by atoms with Crippen LogP contribution in [0.4, 0.5) is 5.69 Å². The minimum absolute atomic E-state index is 0.0570. The highest BCUT2D eigenvalue weighted by molar-refractivity contribution is 8.14. The molecule has 2 aromatic carbocycles. The van der Waals surface area contributed by atoms with Gasteiger partial charge in [-0.15, -0.1) is 0 Å². The molecule has 0 bridgehead atoms. The summed E-state index contributed by atoms with van der Waals surface area (Å²) in [6.45, 7) is 0. The van der Waals surface area contributed by atoms with Gasteiger partial charge in [-0.25, -0.2) is 0 Å². The van der Waals surface area contributed by atoms with Crippen molar-refractivity contribution in [1.29, 1.82) is 0 Å². The smallest absolute Gasteiger partial charge is 0.218 e. The first-order valence-electron chi connectivity index (χ1n) is 5.01. The molecule has 0 unspecified atom stereocenters. The molecule has 0 radical (unpaired) electrons. The van der Waals surface area contributed by atoms with E-state index in [1.54, 1.807) is 12.3 Å². The predicted octanol–water partition coefficient (Wildman–Crippen LogP) is 3.40. The van der Waals surface area contributed by atoms with Crippen molar-refractivity contribution in [1.82, 2.24) is 0 Å². The van der Waals surface area contributed by atoms with Gasteiger partial charge in [0.05, 0.1) is 5.69 Å². The number of rotatable bonds is 0. The molecular formula is C13H9NOS. The highest BCUT2D eigenvalue weighted by Crippen LogP contribution is 2.36. The molecule has 3 heteroatoms. The molecule has 2 aromatic rings. The van der Waals surface area contributed by atoms with Gasteiger partial charge in [-0.3, -0.25) is 4.79 Å². The highest BCUT2D eigenvalue weighted by Gasteiger charge is 2.12. The van der Waals surface area contributed by atoms with Gasteiger partial charge in [-0.2, -0.15) is 0 Å². The zero-order valence-corrected chi connectivity index (χ0v) is 9.25. The summed E-state index contributed by atoms with van der Waals surface area (Å²) in [5, 5.41) is 5.56. The van der Waals surface area contributed by atoms with Crippen LogP contribution in [-0.4, -0.2) is 5.12 Å². The first kappa shape index (κ1) is 9.48. The first-order chi connectivity index (χ1) is 7.84. The zero-order valence-electron chi connectivity index (χ0n) is 8.44. The van der Waals surface area contributed by atoms with Crippen molar-refractivity contribution in [2.45, 2.75) is 4.90 Å². The standard InChI is InChI=1S/C13H9NOS/c15-12-7-8-14-13-10-4-2-1-3-9(10)5-6-11(13)16-12/h1-8,14H. The maximum Gasteiger partial charge on any atom is 0.218 e. The van der Waals surface area contributed by atoms with Crippen molar-refractivity contribution in [2.24, 2.45) is 0 Å². The van der Waals surface area contributed by atoms with Gasteiger partial charge < -0.3 is 5.32 Å². The summed E-state index contributed by atoms with van der Waals surface area (Å²) in [6.07, 6.45) is 3.26. The molecule has 0 saturated heterocycles. The fraction of sp³-hybridized carbons (Fsp3) is 0. The fourth-order valence-electron chi connectivity index (χ4n) is 1.82. The van der Waals surface area contributed by atoms with Crippen LogP contribution in [0.1, 0.15) is 0 Å². The van der Waals surface area contributed by atoms with E-state index in [0.717, 1.165) is 16.0 Å². The number of anilines is 1. The summed E-state index contributed by atoms with van der Waals surface area (Å²) >= 11 is 1.26. The Balaban J connectivity index is 2.30. The molecule has 16 heavy (non-hydrogen) atoms. The maximum absolute atomic E-state index is 11.4. The summed E-state index contributed by atoms with van der Waals surface area (Å²) < 4.78 is 0. The lowest BCUT2D eigenvalue weighted by Crippen LogP contribution is -1.89. The molecule has 0 fully saturated rings. The Morgan fingerprint density at radius 3 is 2.88 bits per heavy atom. The van der Waals surface area contributed by atoms with E-state index in [-0.39, 0.29) is 5.12 Å². The van der Waals surface area contributed by atoms with E-state index >= 15 is 0 Å². The lowest BCUT2D eigenvalue weighted by atomic mass is 10.1. The van der Waals surface area contributed by atoms with Crippen molar-refractivity contribution in [3.05, 3.63) is 48.7 Å². The Bertz CT molecular complexity index is 604. The van der Waals surface area contributed by atoms with Crippen LogP contribution in [0.15, 0.2) is 53.6 Å². The second kappa shape index (κ2) is 3.68. The van der Waals surface area contributed by atoms with Gasteiger partial charge in [0, 0.05) is 22.6 Å². The molecule has 1 heterocycles. The molecule has 3 rings (SSSR count). The number of hydrogen-bond donors (Lipinski definition) is 1. The number of hydrogen-bond acceptors (Lipinski definition) is 3. The van der Waals surface area contributed by atoms with Crippen molar-refractivity contribution in [3.8, 4) is 0 Å². The van der Waals surface area contributed by atoms with E-state index < -0.39 is 0 Å². The summed E-state index contributed by atoms with van der Waals surface area (Å²) in [6, 6.07) is 12.2. The number of benzene rings is 2. The predicted molar refractivity (Wildman–Crippen MR) is 67.6 cm³/mol. The van der Waals surface area contributed by atoms with E-state index in [0.29, 0.717) is 0 Å². The SMILES string of the molecule is O=C1C=CNc2c(ccc3ccccc23)S1. The van der Waals surface area contributed by atoms with E-state index in [2.05, 4.69) is 17.4 Å². The Labute approximate surface area is 97.3 Å². The van der Waals surface area contributed by atoms with Crippen LogP contribution in [0.25, 0.3) is 10.8 Å². The fourth-order valence-corrected chi connectivity index (χ4v) is 2.58. The number of carbonyl (C=O) groups excluding carboxylic acids is 1. The molecule has 1 aliphatic heterocycles. The quantitative estimate of drug-likeness (QED) is 0.748. The summed E-state index contributed by atoms with van der Waals surface area (Å²) in [5.41, 5.74) is 1.02. The van der Waals surface area contributed by atoms with Gasteiger partial charge in [0.15, 0.2) is 0 Å². The molecule has 2 nitrogen and oxygen atoms in total. The molecule has 1 aliphatic rings. The monoisotopic (exact) mass is 227 g/mol. The topological polar surface area (TPSA) is 29.1 Å². The van der Waals surface area contributed by atoms with E-state index in [1.807, 2.05) is 24.3 Å². The minimum Gasteiger partial charge on any atom is -0.360 e. The van der Waals surface area contributed by atoms with Crippen LogP contribution in [-0.2, 0) is 4.79 Å². The Morgan fingerprint density at radius 2 is 1.94 bits per heavy atom. The average Bonchev–Trinajstić information content (AvgIpc) is 2.50. The Kier molecular flexibility index (Phi) is 2.18. The molecule has 78 valence electrons. The second-order valence-corrected chi connectivity index (χ2v) is 4.60. The van der Waals surface area contributed by atoms with Crippen LogP contribution >= 0.6 is 11.8 Å². The Morgan fingerprint density at radius 1 is 1.06 bits per heavy atom. The minimum atomic E-state index is 0.0570. The second-order valence-electron chi connectivity index (χ2n) is 3.56. The van der Waals surface area contributed by atoms with Gasteiger partial charge in [0.2, 0.25) is 5.12 Å². The van der Waals surface area contributed by atoms with Gasteiger partial charge in [-0.05, 0) is 23.2 Å². The largest absolute Gasteiger partial charge is 0.360 e. The zero-order chi connectivity index (χ0) is 11.0. The van der Waals surface area contributed by atoms with Crippen molar-refractivity contribution < 1.29 is 4.79 Å². The third-order valence-corrected chi connectivity index (χ3v) is 3.45. The van der Waals surface area contributed by atoms with Gasteiger partial charge in [0.25, 0.3) is 0 Å². The Hall–Kier alpha value is -1.74. The van der Waals surface area contributed by atoms with Gasteiger partial charge in [0.1, 0.15) is 0 Å². The summed E-state index contributed by atoms with van der Waals surface area (Å²) in [7, 11) is 0. The summed E-state index contributed by atoms with van der Waals surface area (Å²) in [4.78, 5) is 12.4. The number of thioether (sulfide) groups is 1. The number of carbonyl (C=O) groups is 1. The molecule has 1 N–H and O–H groups in total. The van der Waals surface area contributed by atoms with E-state index in [4.69, 9.17) is 0 Å². The van der Waals surface area contributed by atoms with Crippen LogP contribution in [0.2, 0.25) is 0 Å². The van der Waals surface area contributed by atoms with E-state index in [1.165, 1.54) is 17.1 Å². The lowest BCUT2D eigenvalue weighted by molar-refractivity contribution is -0.107. The molecule has 0 saturated carbocycles. The van der Waals surface area contributed by atoms with Gasteiger partial charge in [-0.1, -0.05) is 30.3 Å². The van der Waals surface area contributed by atoms with Crippen LogP contribution in [0.5, 0.6) is 0 Å². The highest BCUT2D eigenvalue weighted by atomic mass is 32.2. The lowest BCUT2D eigenvalue weighted by Gasteiger charge is -2.09. The number of fused-ring (bicyclic) bond motifs is 3. The third-order valence-electron chi connectivity index (χ3n) is 2.55. The van der Waals surface area contributed by atoms with Crippen LogP contribution in [0, 0.1) is 0 Å². The van der Waals surface area contributed by atoms with Crippen molar-refractivity contribution >= 4 is 33.3 Å². The molecule has 0 aromatic heterocycles. The van der Waals surface area contributed by atoms with E-state index in [9.17, 15) is 4.79 Å². The normalized spacial score (nSPS) is 14.4. The van der Waals surface area contributed by atoms with Crippen LogP contribution in [0.3, 0.4) is 0 Å². The molecule has 0 amide bonds.